The monoisotopic (exact) mass is 334 g/mol. The van der Waals surface area contributed by atoms with Gasteiger partial charge in [0.1, 0.15) is 0 Å². The molecule has 0 spiro atoms. The van der Waals surface area contributed by atoms with Crippen molar-refractivity contribution in [1.82, 2.24) is 4.98 Å². The largest absolute Gasteiger partial charge is 0.416 e. The lowest BCUT2D eigenvalue weighted by atomic mass is 10.1. The number of hydrogen-bond donors (Lipinski definition) is 1. The van der Waals surface area contributed by atoms with Crippen molar-refractivity contribution in [1.29, 1.82) is 0 Å². The molecule has 23 heavy (non-hydrogen) atoms. The molecule has 0 bridgehead atoms. The number of halogens is 3. The normalized spacial score (nSPS) is 11.5. The number of benzene rings is 2. The molecule has 2 nitrogen and oxygen atoms in total. The molecule has 0 atom stereocenters. The van der Waals surface area contributed by atoms with E-state index in [2.05, 4.69) is 10.3 Å². The van der Waals surface area contributed by atoms with Crippen LogP contribution in [0.15, 0.2) is 53.9 Å². The van der Waals surface area contributed by atoms with Gasteiger partial charge >= 0.3 is 6.18 Å². The number of nitrogens with zero attached hydrogens (tertiary/aromatic N) is 1. The zero-order valence-corrected chi connectivity index (χ0v) is 13.0. The molecule has 0 radical (unpaired) electrons. The molecule has 1 N–H and O–H groups in total. The van der Waals surface area contributed by atoms with E-state index in [-0.39, 0.29) is 0 Å². The summed E-state index contributed by atoms with van der Waals surface area (Å²) in [6, 6.07) is 13.0. The van der Waals surface area contributed by atoms with E-state index in [0.29, 0.717) is 10.8 Å². The number of hydrogen-bond acceptors (Lipinski definition) is 3. The number of thiazole rings is 1. The summed E-state index contributed by atoms with van der Waals surface area (Å²) in [4.78, 5) is 4.43. The van der Waals surface area contributed by atoms with Gasteiger partial charge in [0.25, 0.3) is 0 Å². The number of alkyl halides is 3. The van der Waals surface area contributed by atoms with Crippen molar-refractivity contribution in [2.75, 3.05) is 5.32 Å². The van der Waals surface area contributed by atoms with Crippen LogP contribution in [-0.4, -0.2) is 4.98 Å². The van der Waals surface area contributed by atoms with Gasteiger partial charge in [-0.2, -0.15) is 13.2 Å². The Morgan fingerprint density at radius 3 is 2.57 bits per heavy atom. The Balaban J connectivity index is 1.82. The van der Waals surface area contributed by atoms with E-state index in [1.807, 2.05) is 36.6 Å². The first-order chi connectivity index (χ1) is 10.9. The third-order valence-electron chi connectivity index (χ3n) is 3.26. The second kappa shape index (κ2) is 6.04. The van der Waals surface area contributed by atoms with Gasteiger partial charge < -0.3 is 5.32 Å². The van der Waals surface area contributed by atoms with Gasteiger partial charge in [-0.3, -0.25) is 0 Å². The zero-order valence-electron chi connectivity index (χ0n) is 12.2. The van der Waals surface area contributed by atoms with E-state index < -0.39 is 11.7 Å². The molecule has 1 heterocycles. The van der Waals surface area contributed by atoms with E-state index in [1.54, 1.807) is 6.07 Å². The van der Waals surface area contributed by atoms with Crippen molar-refractivity contribution in [3.63, 3.8) is 0 Å². The summed E-state index contributed by atoms with van der Waals surface area (Å²) in [7, 11) is 0. The van der Waals surface area contributed by atoms with Crippen molar-refractivity contribution >= 4 is 22.2 Å². The smallest absolute Gasteiger partial charge is 0.332 e. The first-order valence-electron chi connectivity index (χ1n) is 6.89. The van der Waals surface area contributed by atoms with Crippen molar-refractivity contribution in [2.24, 2.45) is 0 Å². The summed E-state index contributed by atoms with van der Waals surface area (Å²) in [6.07, 6.45) is -4.35. The molecular weight excluding hydrogens is 321 g/mol. The number of rotatable bonds is 3. The molecule has 6 heteroatoms. The zero-order chi connectivity index (χ0) is 16.4. The minimum Gasteiger partial charge on any atom is -0.332 e. The van der Waals surface area contributed by atoms with E-state index in [1.165, 1.54) is 17.4 Å². The van der Waals surface area contributed by atoms with E-state index in [0.717, 1.165) is 29.0 Å². The van der Waals surface area contributed by atoms with Gasteiger partial charge in [0.2, 0.25) is 0 Å². The number of anilines is 2. The van der Waals surface area contributed by atoms with Gasteiger partial charge in [-0.25, -0.2) is 4.98 Å². The molecule has 0 aliphatic rings. The summed E-state index contributed by atoms with van der Waals surface area (Å²) in [5.41, 5.74) is 2.59. The Bertz CT molecular complexity index is 824. The van der Waals surface area contributed by atoms with Crippen LogP contribution in [0.3, 0.4) is 0 Å². The lowest BCUT2D eigenvalue weighted by molar-refractivity contribution is -0.137. The Morgan fingerprint density at radius 1 is 1.04 bits per heavy atom. The molecule has 0 saturated heterocycles. The van der Waals surface area contributed by atoms with Gasteiger partial charge in [-0.1, -0.05) is 29.8 Å². The average Bonchev–Trinajstić information content (AvgIpc) is 2.95. The summed E-state index contributed by atoms with van der Waals surface area (Å²) < 4.78 is 38.2. The van der Waals surface area contributed by atoms with Crippen molar-refractivity contribution in [3.05, 3.63) is 65.0 Å². The van der Waals surface area contributed by atoms with Gasteiger partial charge in [0, 0.05) is 16.6 Å². The maximum absolute atomic E-state index is 12.7. The highest BCUT2D eigenvalue weighted by Gasteiger charge is 2.30. The Morgan fingerprint density at radius 2 is 1.83 bits per heavy atom. The quantitative estimate of drug-likeness (QED) is 0.647. The molecular formula is C17H13F3N2S. The molecule has 0 aliphatic carbocycles. The topological polar surface area (TPSA) is 24.9 Å². The predicted molar refractivity (Wildman–Crippen MR) is 87.0 cm³/mol. The van der Waals surface area contributed by atoms with Crippen LogP contribution < -0.4 is 5.32 Å². The van der Waals surface area contributed by atoms with Gasteiger partial charge in [0.15, 0.2) is 5.13 Å². The van der Waals surface area contributed by atoms with E-state index in [9.17, 15) is 13.2 Å². The van der Waals surface area contributed by atoms with Gasteiger partial charge in [0.05, 0.1) is 11.3 Å². The second-order valence-corrected chi connectivity index (χ2v) is 5.97. The maximum Gasteiger partial charge on any atom is 0.416 e. The van der Waals surface area contributed by atoms with Crippen LogP contribution in [0.2, 0.25) is 0 Å². The molecule has 0 amide bonds. The van der Waals surface area contributed by atoms with Gasteiger partial charge in [-0.15, -0.1) is 11.3 Å². The van der Waals surface area contributed by atoms with Crippen molar-refractivity contribution < 1.29 is 13.2 Å². The van der Waals surface area contributed by atoms with Crippen molar-refractivity contribution in [3.8, 4) is 11.3 Å². The number of aryl methyl sites for hydroxylation is 1. The van der Waals surface area contributed by atoms with E-state index in [4.69, 9.17) is 0 Å². The fourth-order valence-corrected chi connectivity index (χ4v) is 2.90. The Labute approximate surface area is 135 Å². The molecule has 0 saturated carbocycles. The third-order valence-corrected chi connectivity index (χ3v) is 4.02. The Hall–Kier alpha value is -2.34. The molecule has 1 aromatic heterocycles. The number of aromatic nitrogens is 1. The van der Waals surface area contributed by atoms with Crippen LogP contribution in [-0.2, 0) is 6.18 Å². The van der Waals surface area contributed by atoms with Crippen LogP contribution in [0.25, 0.3) is 11.3 Å². The van der Waals surface area contributed by atoms with Crippen LogP contribution in [0.1, 0.15) is 11.1 Å². The lowest BCUT2D eigenvalue weighted by Gasteiger charge is -2.08. The first kappa shape index (κ1) is 15.6. The molecule has 0 unspecified atom stereocenters. The molecule has 3 rings (SSSR count). The fraction of sp³-hybridized carbons (Fsp3) is 0.118. The summed E-state index contributed by atoms with van der Waals surface area (Å²) in [5.74, 6) is 0. The lowest BCUT2D eigenvalue weighted by Crippen LogP contribution is -2.05. The minimum absolute atomic E-state index is 0.366. The first-order valence-corrected chi connectivity index (χ1v) is 7.77. The van der Waals surface area contributed by atoms with Crippen LogP contribution in [0, 0.1) is 6.92 Å². The standard InChI is InChI=1S/C17H13F3N2S/c1-11-4-2-5-12(8-11)15-10-23-16(22-15)21-14-7-3-6-13(9-14)17(18,19)20/h2-10H,1H3,(H,21,22). The van der Waals surface area contributed by atoms with Crippen LogP contribution in [0.4, 0.5) is 24.0 Å². The molecule has 0 aliphatic heterocycles. The van der Waals surface area contributed by atoms with Gasteiger partial charge in [-0.05, 0) is 31.2 Å². The molecule has 3 aromatic rings. The minimum atomic E-state index is -4.35. The second-order valence-electron chi connectivity index (χ2n) is 5.11. The predicted octanol–water partition coefficient (Wildman–Crippen LogP) is 5.88. The summed E-state index contributed by atoms with van der Waals surface area (Å²) >= 11 is 1.35. The highest BCUT2D eigenvalue weighted by Crippen LogP contribution is 2.32. The SMILES string of the molecule is Cc1cccc(-c2csc(Nc3cccc(C(F)(F)F)c3)n2)c1. The highest BCUT2D eigenvalue weighted by atomic mass is 32.1. The maximum atomic E-state index is 12.7. The van der Waals surface area contributed by atoms with Crippen molar-refractivity contribution in [2.45, 2.75) is 13.1 Å². The average molecular weight is 334 g/mol. The summed E-state index contributed by atoms with van der Waals surface area (Å²) in [5, 5.41) is 5.36. The highest BCUT2D eigenvalue weighted by molar-refractivity contribution is 7.14. The molecule has 118 valence electrons. The fourth-order valence-electron chi connectivity index (χ4n) is 2.16. The molecule has 0 fully saturated rings. The third kappa shape index (κ3) is 3.71. The number of nitrogens with one attached hydrogen (secondary N) is 1. The van der Waals surface area contributed by atoms with Crippen LogP contribution in [0.5, 0.6) is 0 Å². The summed E-state index contributed by atoms with van der Waals surface area (Å²) in [6.45, 7) is 2.00. The van der Waals surface area contributed by atoms with E-state index >= 15 is 0 Å². The van der Waals surface area contributed by atoms with Crippen LogP contribution >= 0.6 is 11.3 Å². The Kier molecular flexibility index (Phi) is 4.09. The molecule has 2 aromatic carbocycles.